The van der Waals surface area contributed by atoms with Crippen molar-refractivity contribution < 1.29 is 4.79 Å². The van der Waals surface area contributed by atoms with Gasteiger partial charge in [-0.15, -0.1) is 11.3 Å². The Balaban J connectivity index is 1.62. The van der Waals surface area contributed by atoms with E-state index in [1.54, 1.807) is 11.3 Å². The van der Waals surface area contributed by atoms with Crippen LogP contribution in [0.5, 0.6) is 0 Å². The van der Waals surface area contributed by atoms with Crippen LogP contribution in [0.4, 0.5) is 0 Å². The maximum absolute atomic E-state index is 11.9. The Morgan fingerprint density at radius 2 is 1.95 bits per heavy atom. The van der Waals surface area contributed by atoms with Crippen molar-refractivity contribution in [3.63, 3.8) is 0 Å². The standard InChI is InChI=1S/C16H20N4OS/c17-16(21)15(13-4-2-1-3-5-13)20-8-6-19(7-9-20)10-14-11-22-12-18-14/h1-5,11-12,15H,6-10H2,(H2,17,21). The van der Waals surface area contributed by atoms with Gasteiger partial charge in [0.2, 0.25) is 5.91 Å². The van der Waals surface area contributed by atoms with Crippen molar-refractivity contribution in [2.24, 2.45) is 5.73 Å². The normalized spacial score (nSPS) is 18.2. The van der Waals surface area contributed by atoms with Crippen LogP contribution in [-0.4, -0.2) is 46.9 Å². The average Bonchev–Trinajstić information content (AvgIpc) is 3.03. The van der Waals surface area contributed by atoms with E-state index in [9.17, 15) is 4.79 Å². The van der Waals surface area contributed by atoms with E-state index >= 15 is 0 Å². The Morgan fingerprint density at radius 1 is 1.23 bits per heavy atom. The van der Waals surface area contributed by atoms with E-state index in [4.69, 9.17) is 5.73 Å². The number of rotatable bonds is 5. The second kappa shape index (κ2) is 7.00. The molecule has 0 spiro atoms. The van der Waals surface area contributed by atoms with Crippen LogP contribution in [0.25, 0.3) is 0 Å². The van der Waals surface area contributed by atoms with Gasteiger partial charge in [0.05, 0.1) is 11.2 Å². The van der Waals surface area contributed by atoms with E-state index in [-0.39, 0.29) is 11.9 Å². The molecule has 3 rings (SSSR count). The molecule has 1 amide bonds. The summed E-state index contributed by atoms with van der Waals surface area (Å²) in [5.41, 5.74) is 9.60. The summed E-state index contributed by atoms with van der Waals surface area (Å²) in [5, 5.41) is 2.09. The summed E-state index contributed by atoms with van der Waals surface area (Å²) in [6, 6.07) is 9.46. The van der Waals surface area contributed by atoms with E-state index in [1.165, 1.54) is 0 Å². The molecule has 22 heavy (non-hydrogen) atoms. The molecule has 2 aromatic rings. The van der Waals surface area contributed by atoms with Gasteiger partial charge in [0.25, 0.3) is 0 Å². The number of piperazine rings is 1. The van der Waals surface area contributed by atoms with Gasteiger partial charge in [0, 0.05) is 38.1 Å². The highest BCUT2D eigenvalue weighted by atomic mass is 32.1. The lowest BCUT2D eigenvalue weighted by Gasteiger charge is -2.38. The zero-order chi connectivity index (χ0) is 15.4. The maximum Gasteiger partial charge on any atom is 0.239 e. The van der Waals surface area contributed by atoms with Gasteiger partial charge in [0.1, 0.15) is 6.04 Å². The largest absolute Gasteiger partial charge is 0.368 e. The number of carbonyl (C=O) groups is 1. The van der Waals surface area contributed by atoms with Crippen molar-refractivity contribution in [2.75, 3.05) is 26.2 Å². The zero-order valence-electron chi connectivity index (χ0n) is 12.4. The fourth-order valence-electron chi connectivity index (χ4n) is 2.91. The van der Waals surface area contributed by atoms with Gasteiger partial charge in [-0.25, -0.2) is 4.98 Å². The molecule has 1 aliphatic rings. The summed E-state index contributed by atoms with van der Waals surface area (Å²) in [4.78, 5) is 20.8. The monoisotopic (exact) mass is 316 g/mol. The zero-order valence-corrected chi connectivity index (χ0v) is 13.2. The fourth-order valence-corrected chi connectivity index (χ4v) is 3.46. The Kier molecular flexibility index (Phi) is 4.82. The highest BCUT2D eigenvalue weighted by molar-refractivity contribution is 7.07. The molecular formula is C16H20N4OS. The van der Waals surface area contributed by atoms with Crippen molar-refractivity contribution >= 4 is 17.2 Å². The highest BCUT2D eigenvalue weighted by Gasteiger charge is 2.28. The molecule has 1 atom stereocenters. The topological polar surface area (TPSA) is 62.5 Å². The van der Waals surface area contributed by atoms with Gasteiger partial charge in [-0.2, -0.15) is 0 Å². The first-order valence-electron chi connectivity index (χ1n) is 7.42. The smallest absolute Gasteiger partial charge is 0.239 e. The second-order valence-corrected chi connectivity index (χ2v) is 6.23. The van der Waals surface area contributed by atoms with E-state index in [0.29, 0.717) is 0 Å². The molecule has 1 aliphatic heterocycles. The maximum atomic E-state index is 11.9. The summed E-state index contributed by atoms with van der Waals surface area (Å²) in [5.74, 6) is -0.279. The predicted octanol–water partition coefficient (Wildman–Crippen LogP) is 1.49. The van der Waals surface area contributed by atoms with Gasteiger partial charge >= 0.3 is 0 Å². The van der Waals surface area contributed by atoms with Gasteiger partial charge in [-0.05, 0) is 5.56 Å². The second-order valence-electron chi connectivity index (χ2n) is 5.51. The lowest BCUT2D eigenvalue weighted by molar-refractivity contribution is -0.124. The minimum absolute atomic E-state index is 0.279. The van der Waals surface area contributed by atoms with Gasteiger partial charge in [0.15, 0.2) is 0 Å². The molecule has 0 bridgehead atoms. The van der Waals surface area contributed by atoms with Crippen LogP contribution in [0.1, 0.15) is 17.3 Å². The van der Waals surface area contributed by atoms with Crippen LogP contribution in [0.3, 0.4) is 0 Å². The van der Waals surface area contributed by atoms with Crippen LogP contribution in [0, 0.1) is 0 Å². The van der Waals surface area contributed by atoms with Crippen molar-refractivity contribution in [2.45, 2.75) is 12.6 Å². The number of amides is 1. The van der Waals surface area contributed by atoms with Gasteiger partial charge in [-0.3, -0.25) is 14.6 Å². The minimum Gasteiger partial charge on any atom is -0.368 e. The number of hydrogen-bond donors (Lipinski definition) is 1. The summed E-state index contributed by atoms with van der Waals surface area (Å²) in [7, 11) is 0. The molecule has 1 aromatic carbocycles. The first-order valence-corrected chi connectivity index (χ1v) is 8.36. The number of nitrogens with zero attached hydrogens (tertiary/aromatic N) is 3. The number of thiazole rings is 1. The molecule has 1 saturated heterocycles. The van der Waals surface area contributed by atoms with Crippen molar-refractivity contribution in [1.82, 2.24) is 14.8 Å². The van der Waals surface area contributed by atoms with Crippen LogP contribution in [0.15, 0.2) is 41.2 Å². The molecule has 2 heterocycles. The van der Waals surface area contributed by atoms with Gasteiger partial charge < -0.3 is 5.73 Å². The van der Waals surface area contributed by atoms with E-state index in [1.807, 2.05) is 35.8 Å². The van der Waals surface area contributed by atoms with Crippen molar-refractivity contribution in [1.29, 1.82) is 0 Å². The Hall–Kier alpha value is -1.76. The van der Waals surface area contributed by atoms with Crippen molar-refractivity contribution in [3.05, 3.63) is 52.5 Å². The van der Waals surface area contributed by atoms with Crippen LogP contribution >= 0.6 is 11.3 Å². The van der Waals surface area contributed by atoms with Crippen LogP contribution < -0.4 is 5.73 Å². The third-order valence-corrected chi connectivity index (χ3v) is 4.66. The number of hydrogen-bond acceptors (Lipinski definition) is 5. The lowest BCUT2D eigenvalue weighted by Crippen LogP contribution is -2.50. The number of carbonyl (C=O) groups excluding carboxylic acids is 1. The molecule has 1 fully saturated rings. The van der Waals surface area contributed by atoms with Crippen LogP contribution in [0.2, 0.25) is 0 Å². The summed E-state index contributed by atoms with van der Waals surface area (Å²) >= 11 is 1.63. The Bertz CT molecular complexity index is 594. The first kappa shape index (κ1) is 15.1. The first-order chi connectivity index (χ1) is 10.7. The van der Waals surface area contributed by atoms with Crippen molar-refractivity contribution in [3.8, 4) is 0 Å². The average molecular weight is 316 g/mol. The number of primary amides is 1. The lowest BCUT2D eigenvalue weighted by atomic mass is 10.0. The molecule has 1 aromatic heterocycles. The fraction of sp³-hybridized carbons (Fsp3) is 0.375. The highest BCUT2D eigenvalue weighted by Crippen LogP contribution is 2.22. The summed E-state index contributed by atoms with van der Waals surface area (Å²) in [6.07, 6.45) is 0. The predicted molar refractivity (Wildman–Crippen MR) is 87.3 cm³/mol. The molecule has 0 saturated carbocycles. The van der Waals surface area contributed by atoms with E-state index in [0.717, 1.165) is 44.0 Å². The third-order valence-electron chi connectivity index (χ3n) is 4.03. The summed E-state index contributed by atoms with van der Waals surface area (Å²) < 4.78 is 0. The van der Waals surface area contributed by atoms with Crippen LogP contribution in [-0.2, 0) is 11.3 Å². The molecule has 6 heteroatoms. The van der Waals surface area contributed by atoms with E-state index < -0.39 is 0 Å². The Morgan fingerprint density at radius 3 is 2.55 bits per heavy atom. The Labute approximate surface area is 134 Å². The number of nitrogens with two attached hydrogens (primary N) is 1. The molecule has 1 unspecified atom stereocenters. The molecule has 0 aliphatic carbocycles. The molecule has 5 nitrogen and oxygen atoms in total. The third kappa shape index (κ3) is 3.52. The SMILES string of the molecule is NC(=O)C(c1ccccc1)N1CCN(Cc2cscn2)CC1. The molecule has 2 N–H and O–H groups in total. The summed E-state index contributed by atoms with van der Waals surface area (Å²) in [6.45, 7) is 4.41. The molecule has 116 valence electrons. The molecule has 0 radical (unpaired) electrons. The quantitative estimate of drug-likeness (QED) is 0.908. The van der Waals surface area contributed by atoms with E-state index in [2.05, 4.69) is 20.2 Å². The number of aromatic nitrogens is 1. The minimum atomic E-state index is -0.331. The number of benzene rings is 1. The van der Waals surface area contributed by atoms with Gasteiger partial charge in [-0.1, -0.05) is 30.3 Å². The molecular weight excluding hydrogens is 296 g/mol.